The van der Waals surface area contributed by atoms with Crippen LogP contribution in [0.2, 0.25) is 0 Å². The maximum Gasteiger partial charge on any atom is 0.251 e. The zero-order valence-electron chi connectivity index (χ0n) is 10.1. The van der Waals surface area contributed by atoms with E-state index in [0.717, 1.165) is 10.0 Å². The van der Waals surface area contributed by atoms with Crippen molar-refractivity contribution in [3.8, 4) is 5.75 Å². The van der Waals surface area contributed by atoms with Gasteiger partial charge in [0.15, 0.2) is 0 Å². The summed E-state index contributed by atoms with van der Waals surface area (Å²) < 4.78 is 0.992. The maximum atomic E-state index is 11.9. The molecular weight excluding hydrogens is 308 g/mol. The van der Waals surface area contributed by atoms with E-state index >= 15 is 0 Å². The third-order valence-corrected chi connectivity index (χ3v) is 3.19. The minimum atomic E-state index is -0.252. The van der Waals surface area contributed by atoms with Crippen molar-refractivity contribution in [2.24, 2.45) is 0 Å². The maximum absolute atomic E-state index is 11.9. The van der Waals surface area contributed by atoms with E-state index in [-0.39, 0.29) is 17.3 Å². The van der Waals surface area contributed by atoms with Crippen LogP contribution in [0, 0.1) is 0 Å². The summed E-state index contributed by atoms with van der Waals surface area (Å²) in [6.07, 6.45) is 0. The second kappa shape index (κ2) is 5.75. The van der Waals surface area contributed by atoms with Crippen LogP contribution in [0.5, 0.6) is 5.75 Å². The number of nitrogen functional groups attached to an aromatic ring is 1. The number of nitrogens with one attached hydrogen (secondary N) is 1. The highest BCUT2D eigenvalue weighted by atomic mass is 79.9. The fourth-order valence-electron chi connectivity index (χ4n) is 1.57. The van der Waals surface area contributed by atoms with E-state index in [2.05, 4.69) is 21.2 Å². The van der Waals surface area contributed by atoms with Gasteiger partial charge in [-0.1, -0.05) is 28.1 Å². The Kier molecular flexibility index (Phi) is 4.06. The van der Waals surface area contributed by atoms with Crippen molar-refractivity contribution >= 4 is 27.5 Å². The van der Waals surface area contributed by atoms with Crippen molar-refractivity contribution < 1.29 is 9.90 Å². The van der Waals surface area contributed by atoms with Crippen LogP contribution in [0.3, 0.4) is 0 Å². The van der Waals surface area contributed by atoms with Crippen LogP contribution in [-0.4, -0.2) is 11.0 Å². The first kappa shape index (κ1) is 13.4. The first-order chi connectivity index (χ1) is 9.06. The van der Waals surface area contributed by atoms with Gasteiger partial charge >= 0.3 is 0 Å². The molecule has 0 aromatic heterocycles. The average molecular weight is 321 g/mol. The topological polar surface area (TPSA) is 75.4 Å². The Morgan fingerprint density at radius 1 is 1.21 bits per heavy atom. The molecule has 0 saturated heterocycles. The summed E-state index contributed by atoms with van der Waals surface area (Å²) in [5, 5.41) is 12.2. The summed E-state index contributed by atoms with van der Waals surface area (Å²) in [5.74, 6) is -0.338. The first-order valence-corrected chi connectivity index (χ1v) is 6.46. The number of carbonyl (C=O) groups excluding carboxylic acids is 1. The summed E-state index contributed by atoms with van der Waals surface area (Å²) in [5.41, 5.74) is 7.11. The van der Waals surface area contributed by atoms with Crippen LogP contribution < -0.4 is 11.1 Å². The summed E-state index contributed by atoms with van der Waals surface area (Å²) in [6, 6.07) is 12.1. The van der Waals surface area contributed by atoms with Crippen molar-refractivity contribution in [2.75, 3.05) is 5.73 Å². The molecule has 98 valence electrons. The predicted molar refractivity (Wildman–Crippen MR) is 77.8 cm³/mol. The number of benzene rings is 2. The lowest BCUT2D eigenvalue weighted by Crippen LogP contribution is -2.22. The third kappa shape index (κ3) is 3.48. The van der Waals surface area contributed by atoms with Gasteiger partial charge in [0.05, 0.1) is 5.69 Å². The van der Waals surface area contributed by atoms with E-state index < -0.39 is 0 Å². The molecule has 0 unspecified atom stereocenters. The molecule has 1 amide bonds. The average Bonchev–Trinajstić information content (AvgIpc) is 2.41. The molecular formula is C14H13BrN2O2. The Bertz CT molecular complexity index is 597. The number of nitrogens with two attached hydrogens (primary N) is 1. The fraction of sp³-hybridized carbons (Fsp3) is 0.0714. The highest BCUT2D eigenvalue weighted by Gasteiger charge is 2.07. The zero-order valence-corrected chi connectivity index (χ0v) is 11.6. The molecule has 0 saturated carbocycles. The normalized spacial score (nSPS) is 10.2. The Labute approximate surface area is 119 Å². The van der Waals surface area contributed by atoms with Gasteiger partial charge < -0.3 is 16.2 Å². The number of amides is 1. The number of anilines is 1. The molecule has 0 heterocycles. The summed E-state index contributed by atoms with van der Waals surface area (Å²) in [7, 11) is 0. The molecule has 2 aromatic carbocycles. The number of carbonyl (C=O) groups is 1. The van der Waals surface area contributed by atoms with Crippen molar-refractivity contribution in [3.63, 3.8) is 0 Å². The van der Waals surface area contributed by atoms with Gasteiger partial charge in [-0.15, -0.1) is 0 Å². The van der Waals surface area contributed by atoms with Gasteiger partial charge in [-0.2, -0.15) is 0 Å². The highest BCUT2D eigenvalue weighted by Crippen LogP contribution is 2.20. The lowest BCUT2D eigenvalue weighted by Gasteiger charge is -2.07. The Hall–Kier alpha value is -2.01. The molecule has 0 aliphatic heterocycles. The molecule has 0 radical (unpaired) electrons. The molecule has 4 nitrogen and oxygen atoms in total. The quantitative estimate of drug-likeness (QED) is 0.601. The van der Waals surface area contributed by atoms with E-state index in [1.807, 2.05) is 24.3 Å². The fourth-order valence-corrected chi connectivity index (χ4v) is 1.84. The van der Waals surface area contributed by atoms with E-state index in [1.54, 1.807) is 6.07 Å². The molecule has 0 bridgehead atoms. The lowest BCUT2D eigenvalue weighted by atomic mass is 10.1. The molecule has 2 rings (SSSR count). The molecule has 19 heavy (non-hydrogen) atoms. The minimum absolute atomic E-state index is 0.0868. The first-order valence-electron chi connectivity index (χ1n) is 5.67. The molecule has 0 atom stereocenters. The number of aromatic hydroxyl groups is 1. The zero-order chi connectivity index (χ0) is 13.8. The smallest absolute Gasteiger partial charge is 0.251 e. The number of rotatable bonds is 3. The number of halogens is 1. The van der Waals surface area contributed by atoms with Crippen molar-refractivity contribution in [1.29, 1.82) is 0 Å². The number of phenolic OH excluding ortho intramolecular Hbond substituents is 1. The number of phenols is 1. The summed E-state index contributed by atoms with van der Waals surface area (Å²) in [4.78, 5) is 11.9. The molecule has 4 N–H and O–H groups in total. The number of hydrogen-bond donors (Lipinski definition) is 3. The Morgan fingerprint density at radius 3 is 2.53 bits per heavy atom. The van der Waals surface area contributed by atoms with Crippen LogP contribution in [-0.2, 0) is 6.54 Å². The van der Waals surface area contributed by atoms with E-state index in [9.17, 15) is 9.90 Å². The standard InChI is InChI=1S/C14H13BrN2O2/c15-11-4-1-9(2-5-11)8-17-14(19)10-3-6-12(16)13(18)7-10/h1-7,18H,8,16H2,(H,17,19). The molecule has 0 spiro atoms. The third-order valence-electron chi connectivity index (χ3n) is 2.66. The van der Waals surface area contributed by atoms with Gasteiger partial charge in [0.1, 0.15) is 5.75 Å². The molecule has 0 fully saturated rings. The Balaban J connectivity index is 2.01. The second-order valence-electron chi connectivity index (χ2n) is 4.08. The van der Waals surface area contributed by atoms with Crippen LogP contribution in [0.1, 0.15) is 15.9 Å². The van der Waals surface area contributed by atoms with Crippen LogP contribution in [0.25, 0.3) is 0 Å². The highest BCUT2D eigenvalue weighted by molar-refractivity contribution is 9.10. The van der Waals surface area contributed by atoms with Crippen molar-refractivity contribution in [1.82, 2.24) is 5.32 Å². The lowest BCUT2D eigenvalue weighted by molar-refractivity contribution is 0.0950. The van der Waals surface area contributed by atoms with Crippen LogP contribution >= 0.6 is 15.9 Å². The SMILES string of the molecule is Nc1ccc(C(=O)NCc2ccc(Br)cc2)cc1O. The van der Waals surface area contributed by atoms with Crippen LogP contribution in [0.15, 0.2) is 46.9 Å². The second-order valence-corrected chi connectivity index (χ2v) is 5.00. The van der Waals surface area contributed by atoms with Crippen molar-refractivity contribution in [2.45, 2.75) is 6.54 Å². The summed E-state index contributed by atoms with van der Waals surface area (Å²) in [6.45, 7) is 0.428. The largest absolute Gasteiger partial charge is 0.506 e. The molecule has 2 aromatic rings. The number of hydrogen-bond acceptors (Lipinski definition) is 3. The van der Waals surface area contributed by atoms with E-state index in [0.29, 0.717) is 12.1 Å². The summed E-state index contributed by atoms with van der Waals surface area (Å²) >= 11 is 3.35. The molecule has 0 aliphatic rings. The van der Waals surface area contributed by atoms with Crippen LogP contribution in [0.4, 0.5) is 5.69 Å². The predicted octanol–water partition coefficient (Wildman–Crippen LogP) is 2.67. The van der Waals surface area contributed by atoms with Gasteiger partial charge in [-0.25, -0.2) is 0 Å². The molecule has 0 aliphatic carbocycles. The van der Waals surface area contributed by atoms with E-state index in [1.165, 1.54) is 12.1 Å². The van der Waals surface area contributed by atoms with E-state index in [4.69, 9.17) is 5.73 Å². The monoisotopic (exact) mass is 320 g/mol. The minimum Gasteiger partial charge on any atom is -0.506 e. The van der Waals surface area contributed by atoms with Gasteiger partial charge in [0.2, 0.25) is 0 Å². The Morgan fingerprint density at radius 2 is 1.89 bits per heavy atom. The van der Waals surface area contributed by atoms with Gasteiger partial charge in [-0.05, 0) is 35.9 Å². The van der Waals surface area contributed by atoms with Gasteiger partial charge in [0.25, 0.3) is 5.91 Å². The van der Waals surface area contributed by atoms with Gasteiger partial charge in [-0.3, -0.25) is 4.79 Å². The van der Waals surface area contributed by atoms with Gasteiger partial charge in [0, 0.05) is 16.6 Å². The van der Waals surface area contributed by atoms with Crippen molar-refractivity contribution in [3.05, 3.63) is 58.1 Å². The molecule has 5 heteroatoms.